The van der Waals surface area contributed by atoms with Crippen LogP contribution < -0.4 is 5.56 Å². The lowest BCUT2D eigenvalue weighted by molar-refractivity contribution is 0.561. The van der Waals surface area contributed by atoms with Crippen LogP contribution in [0.5, 0.6) is 0 Å². The van der Waals surface area contributed by atoms with Crippen molar-refractivity contribution in [1.29, 1.82) is 0 Å². The first-order chi connectivity index (χ1) is 7.18. The van der Waals surface area contributed by atoms with E-state index in [0.717, 1.165) is 5.56 Å². The van der Waals surface area contributed by atoms with Crippen molar-refractivity contribution < 1.29 is 4.42 Å². The number of hydrogen-bond acceptors (Lipinski definition) is 3. The lowest BCUT2D eigenvalue weighted by Crippen LogP contribution is -2.21. The van der Waals surface area contributed by atoms with Gasteiger partial charge in [-0.25, -0.2) is 4.98 Å². The summed E-state index contributed by atoms with van der Waals surface area (Å²) in [7, 11) is 0. The van der Waals surface area contributed by atoms with E-state index in [9.17, 15) is 4.79 Å². The Labute approximate surface area is 95.1 Å². The van der Waals surface area contributed by atoms with Crippen molar-refractivity contribution >= 4 is 23.2 Å². The van der Waals surface area contributed by atoms with Crippen molar-refractivity contribution in [2.45, 2.75) is 6.54 Å². The summed E-state index contributed by atoms with van der Waals surface area (Å²) in [5.74, 6) is 0. The molecule has 2 heterocycles. The first-order valence-corrected chi connectivity index (χ1v) is 4.85. The zero-order chi connectivity index (χ0) is 10.8. The summed E-state index contributed by atoms with van der Waals surface area (Å²) in [6.07, 6.45) is 4.43. The SMILES string of the molecule is O=c1c(Cl)c(Cl)ncn1Cc1ccoc1. The molecule has 0 aliphatic heterocycles. The molecule has 2 aromatic rings. The minimum absolute atomic E-state index is 0.0186. The van der Waals surface area contributed by atoms with Gasteiger partial charge in [-0.3, -0.25) is 9.36 Å². The third-order valence-corrected chi connectivity index (χ3v) is 2.60. The predicted octanol–water partition coefficient (Wildman–Crippen LogP) is 2.19. The standard InChI is InChI=1S/C9H6Cl2N2O2/c10-7-8(11)12-5-13(9(7)14)3-6-1-2-15-4-6/h1-2,4-5H,3H2. The highest BCUT2D eigenvalue weighted by Crippen LogP contribution is 2.13. The van der Waals surface area contributed by atoms with Gasteiger partial charge >= 0.3 is 0 Å². The quantitative estimate of drug-likeness (QED) is 0.762. The van der Waals surface area contributed by atoms with E-state index in [0.29, 0.717) is 6.54 Å². The maximum absolute atomic E-state index is 11.6. The number of nitrogens with zero attached hydrogens (tertiary/aromatic N) is 2. The first kappa shape index (κ1) is 10.3. The van der Waals surface area contributed by atoms with Crippen LogP contribution in [0.25, 0.3) is 0 Å². The van der Waals surface area contributed by atoms with Crippen LogP contribution in [0.2, 0.25) is 10.2 Å². The fourth-order valence-corrected chi connectivity index (χ4v) is 1.42. The maximum Gasteiger partial charge on any atom is 0.273 e. The normalized spacial score (nSPS) is 10.5. The molecule has 4 nitrogen and oxygen atoms in total. The summed E-state index contributed by atoms with van der Waals surface area (Å²) in [5, 5.41) is -0.0484. The van der Waals surface area contributed by atoms with E-state index in [1.807, 2.05) is 0 Å². The highest BCUT2D eigenvalue weighted by molar-refractivity contribution is 6.40. The molecule has 0 aliphatic carbocycles. The van der Waals surface area contributed by atoms with Crippen molar-refractivity contribution in [1.82, 2.24) is 9.55 Å². The van der Waals surface area contributed by atoms with Gasteiger partial charge in [0.05, 0.1) is 25.4 Å². The fourth-order valence-electron chi connectivity index (χ4n) is 1.14. The van der Waals surface area contributed by atoms with Gasteiger partial charge in [0.1, 0.15) is 5.02 Å². The lowest BCUT2D eigenvalue weighted by atomic mass is 10.3. The molecule has 0 radical (unpaired) electrons. The van der Waals surface area contributed by atoms with Crippen molar-refractivity contribution in [3.8, 4) is 0 Å². The highest BCUT2D eigenvalue weighted by atomic mass is 35.5. The Morgan fingerprint density at radius 1 is 1.47 bits per heavy atom. The molecule has 0 aliphatic rings. The molecule has 2 rings (SSSR count). The average molecular weight is 245 g/mol. The molecule has 0 N–H and O–H groups in total. The van der Waals surface area contributed by atoms with Crippen molar-refractivity contribution in [3.05, 3.63) is 51.0 Å². The monoisotopic (exact) mass is 244 g/mol. The molecule has 0 fully saturated rings. The second kappa shape index (κ2) is 4.08. The number of hydrogen-bond donors (Lipinski definition) is 0. The smallest absolute Gasteiger partial charge is 0.273 e. The molecule has 0 atom stereocenters. The summed E-state index contributed by atoms with van der Waals surface area (Å²) >= 11 is 11.3. The van der Waals surface area contributed by atoms with Crippen LogP contribution >= 0.6 is 23.2 Å². The van der Waals surface area contributed by atoms with Crippen LogP contribution in [-0.4, -0.2) is 9.55 Å². The molecule has 0 spiro atoms. The third kappa shape index (κ3) is 2.06. The molecule has 78 valence electrons. The third-order valence-electron chi connectivity index (χ3n) is 1.87. The van der Waals surface area contributed by atoms with Crippen LogP contribution in [0.15, 0.2) is 34.1 Å². The van der Waals surface area contributed by atoms with E-state index in [4.69, 9.17) is 27.6 Å². The van der Waals surface area contributed by atoms with Crippen molar-refractivity contribution in [3.63, 3.8) is 0 Å². The summed E-state index contributed by atoms with van der Waals surface area (Å²) < 4.78 is 6.25. The van der Waals surface area contributed by atoms with Crippen molar-refractivity contribution in [2.24, 2.45) is 0 Å². The van der Waals surface area contributed by atoms with Gasteiger partial charge in [0, 0.05) is 5.56 Å². The largest absolute Gasteiger partial charge is 0.472 e. The van der Waals surface area contributed by atoms with Gasteiger partial charge in [0.15, 0.2) is 5.15 Å². The average Bonchev–Trinajstić information content (AvgIpc) is 2.72. The summed E-state index contributed by atoms with van der Waals surface area (Å²) in [5.41, 5.74) is 0.496. The second-order valence-corrected chi connectivity index (χ2v) is 3.65. The van der Waals surface area contributed by atoms with Gasteiger partial charge in [-0.1, -0.05) is 23.2 Å². The zero-order valence-corrected chi connectivity index (χ0v) is 9.00. The molecule has 0 amide bonds. The molecular formula is C9H6Cl2N2O2. The summed E-state index contributed by atoms with van der Waals surface area (Å²) in [6.45, 7) is 0.360. The molecule has 0 unspecified atom stereocenters. The van der Waals surface area contributed by atoms with E-state index in [1.165, 1.54) is 17.2 Å². The number of aromatic nitrogens is 2. The zero-order valence-electron chi connectivity index (χ0n) is 7.48. The van der Waals surface area contributed by atoms with Crippen LogP contribution in [0.1, 0.15) is 5.56 Å². The van der Waals surface area contributed by atoms with E-state index in [-0.39, 0.29) is 15.7 Å². The molecule has 15 heavy (non-hydrogen) atoms. The Balaban J connectivity index is 2.38. The number of furan rings is 1. The first-order valence-electron chi connectivity index (χ1n) is 4.10. The van der Waals surface area contributed by atoms with Gasteiger partial charge in [0.2, 0.25) is 0 Å². The Hall–Kier alpha value is -1.26. The maximum atomic E-state index is 11.6. The van der Waals surface area contributed by atoms with Gasteiger partial charge in [-0.05, 0) is 6.07 Å². The lowest BCUT2D eigenvalue weighted by Gasteiger charge is -2.03. The molecular weight excluding hydrogens is 239 g/mol. The Morgan fingerprint density at radius 2 is 2.27 bits per heavy atom. The van der Waals surface area contributed by atoms with Crippen LogP contribution in [0.4, 0.5) is 0 Å². The van der Waals surface area contributed by atoms with Gasteiger partial charge in [-0.15, -0.1) is 0 Å². The summed E-state index contributed by atoms with van der Waals surface area (Å²) in [6, 6.07) is 1.76. The molecule has 0 saturated carbocycles. The number of rotatable bonds is 2. The molecule has 6 heteroatoms. The topological polar surface area (TPSA) is 48.0 Å². The van der Waals surface area contributed by atoms with Crippen LogP contribution in [0.3, 0.4) is 0 Å². The van der Waals surface area contributed by atoms with Crippen LogP contribution in [-0.2, 0) is 6.54 Å². The Morgan fingerprint density at radius 3 is 2.93 bits per heavy atom. The molecule has 0 bridgehead atoms. The van der Waals surface area contributed by atoms with E-state index in [2.05, 4.69) is 4.98 Å². The predicted molar refractivity (Wildman–Crippen MR) is 56.3 cm³/mol. The van der Waals surface area contributed by atoms with E-state index >= 15 is 0 Å². The minimum atomic E-state index is -0.363. The molecule has 0 aromatic carbocycles. The minimum Gasteiger partial charge on any atom is -0.472 e. The van der Waals surface area contributed by atoms with E-state index in [1.54, 1.807) is 12.3 Å². The second-order valence-electron chi connectivity index (χ2n) is 2.91. The highest BCUT2D eigenvalue weighted by Gasteiger charge is 2.07. The number of halogens is 2. The molecule has 2 aromatic heterocycles. The Kier molecular flexibility index (Phi) is 2.79. The van der Waals surface area contributed by atoms with Gasteiger partial charge in [-0.2, -0.15) is 0 Å². The van der Waals surface area contributed by atoms with Crippen molar-refractivity contribution in [2.75, 3.05) is 0 Å². The Bertz CT molecular complexity index is 519. The van der Waals surface area contributed by atoms with Gasteiger partial charge in [0.25, 0.3) is 5.56 Å². The van der Waals surface area contributed by atoms with Gasteiger partial charge < -0.3 is 4.42 Å². The fraction of sp³-hybridized carbons (Fsp3) is 0.111. The molecule has 0 saturated heterocycles. The van der Waals surface area contributed by atoms with E-state index < -0.39 is 0 Å². The van der Waals surface area contributed by atoms with Crippen LogP contribution in [0, 0.1) is 0 Å². The summed E-state index contributed by atoms with van der Waals surface area (Å²) in [4.78, 5) is 15.4.